The average Bonchev–Trinajstić information content (AvgIpc) is 2.08. The van der Waals surface area contributed by atoms with Crippen molar-refractivity contribution >= 4 is 0 Å². The molecule has 0 aliphatic carbocycles. The molecule has 0 aliphatic rings. The van der Waals surface area contributed by atoms with Gasteiger partial charge in [-0.25, -0.2) is 0 Å². The Morgan fingerprint density at radius 2 is 1.86 bits per heavy atom. The third-order valence-electron chi connectivity index (χ3n) is 2.25. The van der Waals surface area contributed by atoms with Crippen molar-refractivity contribution in [3.63, 3.8) is 0 Å². The summed E-state index contributed by atoms with van der Waals surface area (Å²) >= 11 is 0. The summed E-state index contributed by atoms with van der Waals surface area (Å²) in [6.07, 6.45) is -2.70. The molecule has 0 rings (SSSR count). The maximum atomic E-state index is 11.7. The molecule has 0 amide bonds. The maximum Gasteiger partial charge on any atom is 0.389 e. The Labute approximate surface area is 84.1 Å². The summed E-state index contributed by atoms with van der Waals surface area (Å²) < 4.78 is 35.2. The van der Waals surface area contributed by atoms with Crippen LogP contribution in [0.15, 0.2) is 0 Å². The summed E-state index contributed by atoms with van der Waals surface area (Å²) in [6, 6.07) is 0. The molecule has 0 spiro atoms. The molecule has 1 atom stereocenters. The fraction of sp³-hybridized carbons (Fsp3) is 1.00. The first kappa shape index (κ1) is 13.8. The van der Waals surface area contributed by atoms with Crippen molar-refractivity contribution in [2.45, 2.75) is 45.7 Å². The summed E-state index contributed by atoms with van der Waals surface area (Å²) in [5.41, 5.74) is 0. The minimum Gasteiger partial charge on any atom is -0.316 e. The van der Waals surface area contributed by atoms with Crippen LogP contribution in [-0.2, 0) is 0 Å². The van der Waals surface area contributed by atoms with Crippen LogP contribution in [0.1, 0.15) is 39.5 Å². The average molecular weight is 211 g/mol. The van der Waals surface area contributed by atoms with E-state index >= 15 is 0 Å². The molecule has 0 saturated carbocycles. The van der Waals surface area contributed by atoms with Crippen LogP contribution >= 0.6 is 0 Å². The van der Waals surface area contributed by atoms with Crippen LogP contribution in [0.4, 0.5) is 13.2 Å². The number of unbranched alkanes of at least 4 members (excludes halogenated alkanes) is 1. The number of alkyl halides is 3. The largest absolute Gasteiger partial charge is 0.389 e. The van der Waals surface area contributed by atoms with Gasteiger partial charge in [0, 0.05) is 6.42 Å². The van der Waals surface area contributed by atoms with Crippen LogP contribution in [0.25, 0.3) is 0 Å². The van der Waals surface area contributed by atoms with Gasteiger partial charge < -0.3 is 5.32 Å². The highest BCUT2D eigenvalue weighted by Gasteiger charge is 2.25. The van der Waals surface area contributed by atoms with Gasteiger partial charge in [0.15, 0.2) is 0 Å². The van der Waals surface area contributed by atoms with Crippen LogP contribution in [0, 0.1) is 5.92 Å². The van der Waals surface area contributed by atoms with Gasteiger partial charge in [0.25, 0.3) is 0 Å². The Bertz CT molecular complexity index is 134. The van der Waals surface area contributed by atoms with E-state index in [2.05, 4.69) is 19.2 Å². The van der Waals surface area contributed by atoms with Crippen LogP contribution < -0.4 is 5.32 Å². The molecule has 0 aromatic carbocycles. The van der Waals surface area contributed by atoms with Crippen molar-refractivity contribution in [1.82, 2.24) is 5.32 Å². The molecule has 0 aliphatic heterocycles. The molecule has 0 heterocycles. The van der Waals surface area contributed by atoms with Gasteiger partial charge in [-0.05, 0) is 31.8 Å². The normalized spacial score (nSPS) is 14.4. The molecule has 1 N–H and O–H groups in total. The molecule has 1 nitrogen and oxygen atoms in total. The van der Waals surface area contributed by atoms with E-state index in [9.17, 15) is 13.2 Å². The fourth-order valence-electron chi connectivity index (χ4n) is 1.07. The van der Waals surface area contributed by atoms with Crippen molar-refractivity contribution in [2.24, 2.45) is 5.92 Å². The van der Waals surface area contributed by atoms with Gasteiger partial charge in [-0.15, -0.1) is 0 Å². The Morgan fingerprint density at radius 3 is 2.36 bits per heavy atom. The standard InChI is InChI=1S/C10H20F3N/c1-3-9(2)8-14-7-5-4-6-10(11,12)13/h9,14H,3-8H2,1-2H3. The van der Waals surface area contributed by atoms with Crippen molar-refractivity contribution in [3.8, 4) is 0 Å². The molecule has 4 heteroatoms. The quantitative estimate of drug-likeness (QED) is 0.637. The Kier molecular flexibility index (Phi) is 6.97. The molecule has 1 unspecified atom stereocenters. The van der Waals surface area contributed by atoms with E-state index in [4.69, 9.17) is 0 Å². The van der Waals surface area contributed by atoms with Crippen molar-refractivity contribution in [3.05, 3.63) is 0 Å². The minimum atomic E-state index is -3.99. The number of hydrogen-bond donors (Lipinski definition) is 1. The highest BCUT2D eigenvalue weighted by atomic mass is 19.4. The maximum absolute atomic E-state index is 11.7. The van der Waals surface area contributed by atoms with Crippen LogP contribution in [0.2, 0.25) is 0 Å². The number of hydrogen-bond acceptors (Lipinski definition) is 1. The zero-order chi connectivity index (χ0) is 11.0. The van der Waals surface area contributed by atoms with Gasteiger partial charge in [0.05, 0.1) is 0 Å². The van der Waals surface area contributed by atoms with Crippen molar-refractivity contribution < 1.29 is 13.2 Å². The van der Waals surface area contributed by atoms with E-state index in [-0.39, 0.29) is 6.42 Å². The third kappa shape index (κ3) is 9.84. The first-order valence-corrected chi connectivity index (χ1v) is 5.23. The second-order valence-electron chi connectivity index (χ2n) is 3.79. The molecule has 0 aromatic heterocycles. The third-order valence-corrected chi connectivity index (χ3v) is 2.25. The Hall–Kier alpha value is -0.250. The van der Waals surface area contributed by atoms with Crippen molar-refractivity contribution in [1.29, 1.82) is 0 Å². The van der Waals surface area contributed by atoms with Gasteiger partial charge in [-0.1, -0.05) is 20.3 Å². The minimum absolute atomic E-state index is 0.233. The lowest BCUT2D eigenvalue weighted by Gasteiger charge is -2.10. The topological polar surface area (TPSA) is 12.0 Å². The van der Waals surface area contributed by atoms with Crippen LogP contribution in [0.3, 0.4) is 0 Å². The van der Waals surface area contributed by atoms with Gasteiger partial charge in [0.2, 0.25) is 0 Å². The van der Waals surface area contributed by atoms with Crippen molar-refractivity contribution in [2.75, 3.05) is 13.1 Å². The summed E-state index contributed by atoms with van der Waals surface area (Å²) in [4.78, 5) is 0. The van der Waals surface area contributed by atoms with Crippen LogP contribution in [0.5, 0.6) is 0 Å². The lowest BCUT2D eigenvalue weighted by molar-refractivity contribution is -0.135. The van der Waals surface area contributed by atoms with Gasteiger partial charge in [0.1, 0.15) is 0 Å². The second kappa shape index (κ2) is 7.10. The van der Waals surface area contributed by atoms with E-state index in [1.54, 1.807) is 0 Å². The molecule has 0 radical (unpaired) electrons. The molecular formula is C10H20F3N. The van der Waals surface area contributed by atoms with E-state index in [0.29, 0.717) is 18.9 Å². The molecule has 0 saturated heterocycles. The smallest absolute Gasteiger partial charge is 0.316 e. The fourth-order valence-corrected chi connectivity index (χ4v) is 1.07. The number of rotatable bonds is 7. The Balaban J connectivity index is 3.14. The highest BCUT2D eigenvalue weighted by Crippen LogP contribution is 2.21. The first-order chi connectivity index (χ1) is 6.45. The highest BCUT2D eigenvalue weighted by molar-refractivity contribution is 4.56. The SMILES string of the molecule is CCC(C)CNCCCCC(F)(F)F. The summed E-state index contributed by atoms with van der Waals surface area (Å²) in [5.74, 6) is 0.609. The van der Waals surface area contributed by atoms with Gasteiger partial charge in [-0.2, -0.15) is 13.2 Å². The lowest BCUT2D eigenvalue weighted by Crippen LogP contribution is -2.22. The summed E-state index contributed by atoms with van der Waals surface area (Å²) in [7, 11) is 0. The monoisotopic (exact) mass is 211 g/mol. The Morgan fingerprint density at radius 1 is 1.21 bits per heavy atom. The lowest BCUT2D eigenvalue weighted by atomic mass is 10.1. The molecule has 0 fully saturated rings. The zero-order valence-corrected chi connectivity index (χ0v) is 8.95. The molecule has 86 valence electrons. The molecule has 14 heavy (non-hydrogen) atoms. The summed E-state index contributed by atoms with van der Waals surface area (Å²) in [5, 5.41) is 3.15. The van der Waals surface area contributed by atoms with Gasteiger partial charge in [-0.3, -0.25) is 0 Å². The zero-order valence-electron chi connectivity index (χ0n) is 8.95. The van der Waals surface area contributed by atoms with Gasteiger partial charge >= 0.3 is 6.18 Å². The van der Waals surface area contributed by atoms with E-state index < -0.39 is 12.6 Å². The molecule has 0 bridgehead atoms. The molecular weight excluding hydrogens is 191 g/mol. The number of halogens is 3. The van der Waals surface area contributed by atoms with Crippen LogP contribution in [-0.4, -0.2) is 19.3 Å². The molecule has 0 aromatic rings. The second-order valence-corrected chi connectivity index (χ2v) is 3.79. The predicted octanol–water partition coefficient (Wildman–Crippen LogP) is 3.35. The number of nitrogens with one attached hydrogen (secondary N) is 1. The van der Waals surface area contributed by atoms with E-state index in [1.165, 1.54) is 0 Å². The van der Waals surface area contributed by atoms with E-state index in [0.717, 1.165) is 13.0 Å². The summed E-state index contributed by atoms with van der Waals surface area (Å²) in [6.45, 7) is 5.83. The predicted molar refractivity (Wildman–Crippen MR) is 52.2 cm³/mol. The van der Waals surface area contributed by atoms with E-state index in [1.807, 2.05) is 0 Å². The first-order valence-electron chi connectivity index (χ1n) is 5.23.